The number of hydrogen-bond donors (Lipinski definition) is 2. The van der Waals surface area contributed by atoms with Gasteiger partial charge in [-0.3, -0.25) is 14.4 Å². The molecule has 11 heteroatoms. The molecule has 1 aromatic carbocycles. The highest BCUT2D eigenvalue weighted by atomic mass is 19.4. The smallest absolute Gasteiger partial charge is 0.388 e. The van der Waals surface area contributed by atoms with E-state index in [1.165, 1.54) is 13.0 Å². The maximum Gasteiger partial charge on any atom is 0.471 e. The topological polar surface area (TPSA) is 111 Å². The molecule has 1 fully saturated rings. The van der Waals surface area contributed by atoms with Gasteiger partial charge in [0, 0.05) is 29.5 Å². The van der Waals surface area contributed by atoms with Crippen molar-refractivity contribution in [3.63, 3.8) is 0 Å². The first-order chi connectivity index (χ1) is 16.5. The van der Waals surface area contributed by atoms with Gasteiger partial charge in [-0.05, 0) is 13.3 Å². The molecule has 1 aromatic rings. The number of ketones is 2. The SMILES string of the molecule is C=CC[C@@H]1CC2=C(C(=O)c3ccccc3C2=O)[C@@H](O[C@H]2C[C@H](NC(=O)C(F)(F)F)[C@H](O)[C@H](C)O2)O1. The lowest BCUT2D eigenvalue weighted by molar-refractivity contribution is -0.284. The van der Waals surface area contributed by atoms with Crippen LogP contribution < -0.4 is 5.32 Å². The number of nitrogens with one attached hydrogen (secondary N) is 1. The number of fused-ring (bicyclic) bond motifs is 1. The normalized spacial score (nSPS) is 31.0. The van der Waals surface area contributed by atoms with Gasteiger partial charge in [-0.15, -0.1) is 6.58 Å². The molecule has 2 heterocycles. The van der Waals surface area contributed by atoms with Crippen LogP contribution in [0.2, 0.25) is 0 Å². The number of aliphatic hydroxyl groups is 1. The van der Waals surface area contributed by atoms with Crippen molar-refractivity contribution in [2.45, 2.75) is 69.3 Å². The third kappa shape index (κ3) is 4.94. The highest BCUT2D eigenvalue weighted by Gasteiger charge is 2.46. The van der Waals surface area contributed by atoms with Crippen molar-refractivity contribution < 1.29 is 46.9 Å². The van der Waals surface area contributed by atoms with Crippen LogP contribution in [0.1, 0.15) is 46.9 Å². The molecule has 3 aliphatic rings. The Morgan fingerprint density at radius 2 is 1.89 bits per heavy atom. The zero-order valence-corrected chi connectivity index (χ0v) is 18.7. The first-order valence-corrected chi connectivity index (χ1v) is 11.1. The van der Waals surface area contributed by atoms with Crippen molar-refractivity contribution in [1.29, 1.82) is 0 Å². The molecule has 0 spiro atoms. The van der Waals surface area contributed by atoms with Crippen molar-refractivity contribution in [2.75, 3.05) is 0 Å². The van der Waals surface area contributed by atoms with Crippen LogP contribution in [0.5, 0.6) is 0 Å². The van der Waals surface area contributed by atoms with E-state index in [1.807, 2.05) is 0 Å². The molecule has 8 nitrogen and oxygen atoms in total. The number of halogens is 3. The van der Waals surface area contributed by atoms with E-state index < -0.39 is 54.8 Å². The molecule has 188 valence electrons. The summed E-state index contributed by atoms with van der Waals surface area (Å²) in [6.45, 7) is 5.08. The number of aliphatic hydroxyl groups excluding tert-OH is 1. The maximum atomic E-state index is 13.3. The number of Topliss-reactive ketones (excluding diaryl/α,β-unsaturated/α-hetero) is 2. The van der Waals surface area contributed by atoms with Gasteiger partial charge in [0.05, 0.1) is 23.8 Å². The van der Waals surface area contributed by atoms with E-state index in [1.54, 1.807) is 29.6 Å². The minimum atomic E-state index is -5.13. The fraction of sp³-hybridized carbons (Fsp3) is 0.458. The van der Waals surface area contributed by atoms with E-state index in [4.69, 9.17) is 14.2 Å². The molecule has 1 saturated heterocycles. The van der Waals surface area contributed by atoms with Crippen LogP contribution >= 0.6 is 0 Å². The molecule has 0 radical (unpaired) electrons. The average Bonchev–Trinajstić information content (AvgIpc) is 2.80. The summed E-state index contributed by atoms with van der Waals surface area (Å²) in [5.74, 6) is -2.99. The molecule has 6 atom stereocenters. The third-order valence-corrected chi connectivity index (χ3v) is 6.23. The number of ether oxygens (including phenoxy) is 3. The second kappa shape index (κ2) is 9.65. The molecule has 2 N–H and O–H groups in total. The molecule has 1 amide bonds. The Kier molecular flexibility index (Phi) is 6.96. The summed E-state index contributed by atoms with van der Waals surface area (Å²) < 4.78 is 55.6. The zero-order chi connectivity index (χ0) is 25.5. The van der Waals surface area contributed by atoms with Gasteiger partial charge >= 0.3 is 12.1 Å². The largest absolute Gasteiger partial charge is 0.471 e. The number of hydrogen-bond acceptors (Lipinski definition) is 7. The number of rotatable bonds is 5. The summed E-state index contributed by atoms with van der Waals surface area (Å²) in [7, 11) is 0. The van der Waals surface area contributed by atoms with Crippen LogP contribution in [0.15, 0.2) is 48.1 Å². The van der Waals surface area contributed by atoms with E-state index in [0.29, 0.717) is 6.42 Å². The summed E-state index contributed by atoms with van der Waals surface area (Å²) in [6.07, 6.45) is -8.94. The third-order valence-electron chi connectivity index (χ3n) is 6.23. The molecule has 0 saturated carbocycles. The van der Waals surface area contributed by atoms with Crippen LogP contribution in [0.25, 0.3) is 0 Å². The van der Waals surface area contributed by atoms with Gasteiger partial charge in [-0.25, -0.2) is 0 Å². The van der Waals surface area contributed by atoms with E-state index in [9.17, 15) is 32.7 Å². The molecule has 1 aliphatic carbocycles. The number of benzene rings is 1. The summed E-state index contributed by atoms with van der Waals surface area (Å²) >= 11 is 0. The van der Waals surface area contributed by atoms with Crippen LogP contribution in [0, 0.1) is 0 Å². The maximum absolute atomic E-state index is 13.3. The second-order valence-corrected chi connectivity index (χ2v) is 8.63. The van der Waals surface area contributed by atoms with Crippen molar-refractivity contribution in [2.24, 2.45) is 0 Å². The zero-order valence-electron chi connectivity index (χ0n) is 18.7. The Morgan fingerprint density at radius 3 is 2.51 bits per heavy atom. The summed E-state index contributed by atoms with van der Waals surface area (Å²) in [5.41, 5.74) is 0.712. The van der Waals surface area contributed by atoms with E-state index >= 15 is 0 Å². The lowest BCUT2D eigenvalue weighted by atomic mass is 9.80. The predicted molar refractivity (Wildman–Crippen MR) is 114 cm³/mol. The lowest BCUT2D eigenvalue weighted by Gasteiger charge is -2.41. The van der Waals surface area contributed by atoms with E-state index in [2.05, 4.69) is 6.58 Å². The quantitative estimate of drug-likeness (QED) is 0.604. The lowest BCUT2D eigenvalue weighted by Crippen LogP contribution is -2.58. The fourth-order valence-electron chi connectivity index (χ4n) is 4.51. The molecule has 0 aromatic heterocycles. The Hall–Kier alpha value is -2.86. The highest BCUT2D eigenvalue weighted by Crippen LogP contribution is 2.38. The predicted octanol–water partition coefficient (Wildman–Crippen LogP) is 2.61. The standard InChI is InChI=1S/C24H24F3NO7/c1-3-6-12-9-15-18(21(31)14-8-5-4-7-13(14)20(15)30)22(34-12)35-17-10-16(19(29)11(2)33-17)28-23(32)24(25,26)27/h3-5,7-8,11-12,16-17,19,22,29H,1,6,9-10H2,2H3,(H,28,32)/t11-,12+,16-,17-,19+,22+/m0/s1. The molecule has 4 rings (SSSR count). The average molecular weight is 495 g/mol. The molecular formula is C24H24F3NO7. The summed E-state index contributed by atoms with van der Waals surface area (Å²) in [4.78, 5) is 37.9. The van der Waals surface area contributed by atoms with Crippen LogP contribution in [0.4, 0.5) is 13.2 Å². The van der Waals surface area contributed by atoms with Gasteiger partial charge < -0.3 is 24.6 Å². The molecule has 0 unspecified atom stereocenters. The molecule has 35 heavy (non-hydrogen) atoms. The van der Waals surface area contributed by atoms with Crippen molar-refractivity contribution in [3.8, 4) is 0 Å². The molecular weight excluding hydrogens is 471 g/mol. The Balaban J connectivity index is 1.61. The van der Waals surface area contributed by atoms with Crippen LogP contribution in [0.3, 0.4) is 0 Å². The van der Waals surface area contributed by atoms with E-state index in [-0.39, 0.29) is 40.9 Å². The minimum absolute atomic E-state index is 0.00673. The molecule has 2 aliphatic heterocycles. The van der Waals surface area contributed by atoms with Gasteiger partial charge in [-0.2, -0.15) is 13.2 Å². The minimum Gasteiger partial charge on any atom is -0.388 e. The fourth-order valence-corrected chi connectivity index (χ4v) is 4.51. The van der Waals surface area contributed by atoms with Gasteiger partial charge in [0.15, 0.2) is 24.1 Å². The van der Waals surface area contributed by atoms with E-state index in [0.717, 1.165) is 0 Å². The number of amides is 1. The Morgan fingerprint density at radius 1 is 1.23 bits per heavy atom. The summed E-state index contributed by atoms with van der Waals surface area (Å²) in [5, 5.41) is 12.0. The van der Waals surface area contributed by atoms with Gasteiger partial charge in [-0.1, -0.05) is 30.3 Å². The number of carbonyl (C=O) groups is 3. The monoisotopic (exact) mass is 495 g/mol. The second-order valence-electron chi connectivity index (χ2n) is 8.63. The van der Waals surface area contributed by atoms with Gasteiger partial charge in [0.2, 0.25) is 0 Å². The van der Waals surface area contributed by atoms with Gasteiger partial charge in [0.1, 0.15) is 6.10 Å². The van der Waals surface area contributed by atoms with Gasteiger partial charge in [0.25, 0.3) is 0 Å². The Bertz CT molecular complexity index is 1080. The number of carbonyl (C=O) groups excluding carboxylic acids is 3. The first kappa shape index (κ1) is 25.2. The Labute approximate surface area is 198 Å². The van der Waals surface area contributed by atoms with Crippen molar-refractivity contribution in [1.82, 2.24) is 5.32 Å². The summed E-state index contributed by atoms with van der Waals surface area (Å²) in [6, 6.07) is 5.03. The van der Waals surface area contributed by atoms with Crippen LogP contribution in [-0.2, 0) is 19.0 Å². The van der Waals surface area contributed by atoms with Crippen molar-refractivity contribution in [3.05, 3.63) is 59.2 Å². The highest BCUT2D eigenvalue weighted by molar-refractivity contribution is 6.27. The number of alkyl halides is 3. The first-order valence-electron chi connectivity index (χ1n) is 11.1. The van der Waals surface area contributed by atoms with Crippen molar-refractivity contribution >= 4 is 17.5 Å². The van der Waals surface area contributed by atoms with Crippen LogP contribution in [-0.4, -0.2) is 65.7 Å². The molecule has 0 bridgehead atoms.